The number of benzene rings is 1. The molecule has 0 radical (unpaired) electrons. The molecule has 0 amide bonds. The van der Waals surface area contributed by atoms with Crippen molar-refractivity contribution in [3.63, 3.8) is 0 Å². The molecular weight excluding hydrogens is 376 g/mol. The van der Waals surface area contributed by atoms with Crippen LogP contribution >= 0.6 is 11.3 Å². The topological polar surface area (TPSA) is 41.1 Å². The number of likely N-dealkylation sites (tertiary alicyclic amines) is 1. The molecule has 2 fully saturated rings. The number of hydrogen-bond acceptors (Lipinski definition) is 5. The van der Waals surface area contributed by atoms with Crippen LogP contribution in [0.25, 0.3) is 21.3 Å². The SMILES string of the molecule is c1ccc(-c2csc3nc(CN4CCCCC4)nc(NC4CCCCC4)c23)cc1. The second-order valence-electron chi connectivity index (χ2n) is 8.50. The summed E-state index contributed by atoms with van der Waals surface area (Å²) >= 11 is 1.75. The largest absolute Gasteiger partial charge is 0.367 e. The van der Waals surface area contributed by atoms with E-state index in [4.69, 9.17) is 9.97 Å². The molecule has 3 aromatic rings. The molecule has 0 unspecified atom stereocenters. The molecule has 152 valence electrons. The molecule has 5 heteroatoms. The highest BCUT2D eigenvalue weighted by Crippen LogP contribution is 2.38. The highest BCUT2D eigenvalue weighted by atomic mass is 32.1. The monoisotopic (exact) mass is 406 g/mol. The van der Waals surface area contributed by atoms with Crippen molar-refractivity contribution in [2.24, 2.45) is 0 Å². The molecule has 1 aromatic carbocycles. The summed E-state index contributed by atoms with van der Waals surface area (Å²) in [6.45, 7) is 3.22. The summed E-state index contributed by atoms with van der Waals surface area (Å²) in [7, 11) is 0. The second kappa shape index (κ2) is 8.80. The third-order valence-electron chi connectivity index (χ3n) is 6.32. The van der Waals surface area contributed by atoms with E-state index in [-0.39, 0.29) is 0 Å². The van der Waals surface area contributed by atoms with E-state index in [2.05, 4.69) is 45.9 Å². The van der Waals surface area contributed by atoms with Gasteiger partial charge >= 0.3 is 0 Å². The molecular formula is C24H30N4S. The molecule has 0 bridgehead atoms. The molecule has 2 aliphatic rings. The number of nitrogens with zero attached hydrogens (tertiary/aromatic N) is 3. The Bertz CT molecular complexity index is 940. The van der Waals surface area contributed by atoms with Crippen molar-refractivity contribution in [3.05, 3.63) is 41.5 Å². The Morgan fingerprint density at radius 1 is 0.931 bits per heavy atom. The molecule has 1 N–H and O–H groups in total. The van der Waals surface area contributed by atoms with E-state index in [9.17, 15) is 0 Å². The van der Waals surface area contributed by atoms with Crippen LogP contribution in [0.1, 0.15) is 57.2 Å². The lowest BCUT2D eigenvalue weighted by Gasteiger charge is -2.26. The van der Waals surface area contributed by atoms with Gasteiger partial charge in [0.25, 0.3) is 0 Å². The highest BCUT2D eigenvalue weighted by molar-refractivity contribution is 7.17. The Hall–Kier alpha value is -1.98. The number of fused-ring (bicyclic) bond motifs is 1. The standard InChI is InChI=1S/C24H30N4S/c1-4-10-18(11-5-1)20-17-29-24-22(20)23(25-19-12-6-2-7-13-19)26-21(27-24)16-28-14-8-3-9-15-28/h1,4-5,10-11,17,19H,2-3,6-9,12-16H2,(H,25,26,27). The fourth-order valence-electron chi connectivity index (χ4n) is 4.75. The van der Waals surface area contributed by atoms with Crippen molar-refractivity contribution in [2.45, 2.75) is 64.0 Å². The summed E-state index contributed by atoms with van der Waals surface area (Å²) in [5, 5.41) is 7.29. The van der Waals surface area contributed by atoms with E-state index in [0.29, 0.717) is 6.04 Å². The Morgan fingerprint density at radius 2 is 1.69 bits per heavy atom. The van der Waals surface area contributed by atoms with Crippen LogP contribution < -0.4 is 5.32 Å². The molecule has 5 rings (SSSR count). The Morgan fingerprint density at radius 3 is 2.48 bits per heavy atom. The molecule has 1 saturated heterocycles. The van der Waals surface area contributed by atoms with Crippen molar-refractivity contribution in [3.8, 4) is 11.1 Å². The maximum Gasteiger partial charge on any atom is 0.146 e. The zero-order chi connectivity index (χ0) is 19.5. The van der Waals surface area contributed by atoms with Crippen molar-refractivity contribution in [2.75, 3.05) is 18.4 Å². The van der Waals surface area contributed by atoms with Crippen LogP contribution in [0.15, 0.2) is 35.7 Å². The van der Waals surface area contributed by atoms with Crippen LogP contribution in [0.4, 0.5) is 5.82 Å². The minimum absolute atomic E-state index is 0.535. The molecule has 1 aliphatic heterocycles. The Labute approximate surface area is 177 Å². The molecule has 0 spiro atoms. The van der Waals surface area contributed by atoms with E-state index in [1.54, 1.807) is 11.3 Å². The maximum atomic E-state index is 5.09. The number of hydrogen-bond donors (Lipinski definition) is 1. The number of piperidine rings is 1. The second-order valence-corrected chi connectivity index (χ2v) is 9.36. The number of rotatable bonds is 5. The predicted octanol–water partition coefficient (Wildman–Crippen LogP) is 6.09. The van der Waals surface area contributed by atoms with Gasteiger partial charge in [-0.25, -0.2) is 9.97 Å². The Balaban J connectivity index is 1.53. The minimum atomic E-state index is 0.535. The van der Waals surface area contributed by atoms with Crippen molar-refractivity contribution in [1.29, 1.82) is 0 Å². The van der Waals surface area contributed by atoms with Gasteiger partial charge in [-0.15, -0.1) is 11.3 Å². The van der Waals surface area contributed by atoms with Crippen LogP contribution in [-0.4, -0.2) is 34.0 Å². The van der Waals surface area contributed by atoms with Crippen LogP contribution in [0.3, 0.4) is 0 Å². The van der Waals surface area contributed by atoms with Gasteiger partial charge in [0, 0.05) is 17.0 Å². The van der Waals surface area contributed by atoms with E-state index < -0.39 is 0 Å². The van der Waals surface area contributed by atoms with Gasteiger partial charge < -0.3 is 5.32 Å². The summed E-state index contributed by atoms with van der Waals surface area (Å²) in [6.07, 6.45) is 10.5. The molecule has 1 saturated carbocycles. The maximum absolute atomic E-state index is 5.09. The molecule has 4 nitrogen and oxygen atoms in total. The number of anilines is 1. The first kappa shape index (κ1) is 19.0. The van der Waals surface area contributed by atoms with E-state index in [1.807, 2.05) is 0 Å². The van der Waals surface area contributed by atoms with Gasteiger partial charge in [-0.05, 0) is 44.3 Å². The zero-order valence-electron chi connectivity index (χ0n) is 17.1. The number of nitrogens with one attached hydrogen (secondary N) is 1. The van der Waals surface area contributed by atoms with Crippen LogP contribution in [0.5, 0.6) is 0 Å². The lowest BCUT2D eigenvalue weighted by Crippen LogP contribution is -2.30. The van der Waals surface area contributed by atoms with Gasteiger partial charge in [-0.1, -0.05) is 56.0 Å². The average molecular weight is 407 g/mol. The molecule has 3 heterocycles. The Kier molecular flexibility index (Phi) is 5.77. The van der Waals surface area contributed by atoms with Crippen LogP contribution in [0, 0.1) is 0 Å². The van der Waals surface area contributed by atoms with Gasteiger partial charge in [0.1, 0.15) is 16.5 Å². The number of thiophene rings is 1. The normalized spacial score (nSPS) is 18.9. The highest BCUT2D eigenvalue weighted by Gasteiger charge is 2.21. The number of aromatic nitrogens is 2. The quantitative estimate of drug-likeness (QED) is 0.557. The lowest BCUT2D eigenvalue weighted by atomic mass is 9.95. The molecule has 0 atom stereocenters. The van der Waals surface area contributed by atoms with Gasteiger partial charge in [0.2, 0.25) is 0 Å². The smallest absolute Gasteiger partial charge is 0.146 e. The third kappa shape index (κ3) is 4.31. The first-order chi connectivity index (χ1) is 14.4. The van der Waals surface area contributed by atoms with E-state index in [0.717, 1.165) is 23.0 Å². The minimum Gasteiger partial charge on any atom is -0.367 e. The van der Waals surface area contributed by atoms with Crippen molar-refractivity contribution >= 4 is 27.4 Å². The van der Waals surface area contributed by atoms with Crippen LogP contribution in [-0.2, 0) is 6.54 Å². The molecule has 29 heavy (non-hydrogen) atoms. The first-order valence-electron chi connectivity index (χ1n) is 11.2. The van der Waals surface area contributed by atoms with Gasteiger partial charge in [0.05, 0.1) is 11.9 Å². The molecule has 2 aromatic heterocycles. The lowest BCUT2D eigenvalue weighted by molar-refractivity contribution is 0.216. The van der Waals surface area contributed by atoms with Gasteiger partial charge in [-0.3, -0.25) is 4.90 Å². The van der Waals surface area contributed by atoms with E-state index >= 15 is 0 Å². The van der Waals surface area contributed by atoms with Gasteiger partial charge in [0.15, 0.2) is 0 Å². The average Bonchev–Trinajstić information content (AvgIpc) is 3.20. The fourth-order valence-corrected chi connectivity index (χ4v) is 5.72. The zero-order valence-corrected chi connectivity index (χ0v) is 17.9. The van der Waals surface area contributed by atoms with Crippen molar-refractivity contribution in [1.82, 2.24) is 14.9 Å². The summed E-state index contributed by atoms with van der Waals surface area (Å²) < 4.78 is 0. The fraction of sp³-hybridized carbons (Fsp3) is 0.500. The molecule has 1 aliphatic carbocycles. The van der Waals surface area contributed by atoms with Gasteiger partial charge in [-0.2, -0.15) is 0 Å². The summed E-state index contributed by atoms with van der Waals surface area (Å²) in [4.78, 5) is 13.7. The predicted molar refractivity (Wildman–Crippen MR) is 122 cm³/mol. The summed E-state index contributed by atoms with van der Waals surface area (Å²) in [5.74, 6) is 2.02. The first-order valence-corrected chi connectivity index (χ1v) is 12.1. The summed E-state index contributed by atoms with van der Waals surface area (Å²) in [6, 6.07) is 11.2. The van der Waals surface area contributed by atoms with Crippen LogP contribution in [0.2, 0.25) is 0 Å². The third-order valence-corrected chi connectivity index (χ3v) is 7.20. The van der Waals surface area contributed by atoms with Crippen molar-refractivity contribution < 1.29 is 0 Å². The van der Waals surface area contributed by atoms with E-state index in [1.165, 1.54) is 81.0 Å². The summed E-state index contributed by atoms with van der Waals surface area (Å²) in [5.41, 5.74) is 2.51.